The number of carbonyl (C=O) groups excluding carboxylic acids is 1. The Morgan fingerprint density at radius 2 is 2.10 bits per heavy atom. The van der Waals surface area contributed by atoms with Gasteiger partial charge in [-0.15, -0.1) is 0 Å². The third-order valence-electron chi connectivity index (χ3n) is 2.75. The van der Waals surface area contributed by atoms with Crippen molar-refractivity contribution in [2.75, 3.05) is 6.61 Å². The van der Waals surface area contributed by atoms with Crippen molar-refractivity contribution in [3.63, 3.8) is 0 Å². The van der Waals surface area contributed by atoms with E-state index in [4.69, 9.17) is 21.4 Å². The quantitative estimate of drug-likeness (QED) is 0.842. The predicted molar refractivity (Wildman–Crippen MR) is 79.6 cm³/mol. The van der Waals surface area contributed by atoms with Crippen LogP contribution in [0, 0.1) is 0 Å². The van der Waals surface area contributed by atoms with Crippen molar-refractivity contribution in [2.45, 2.75) is 38.8 Å². The molecule has 0 radical (unpaired) electrons. The molecule has 6 nitrogen and oxygen atoms in total. The van der Waals surface area contributed by atoms with Crippen molar-refractivity contribution in [1.29, 1.82) is 0 Å². The number of hydrogen-bond acceptors (Lipinski definition) is 3. The molecule has 2 N–H and O–H groups in total. The van der Waals surface area contributed by atoms with Crippen LogP contribution in [0.5, 0.6) is 0 Å². The third kappa shape index (κ3) is 5.77. The van der Waals surface area contributed by atoms with Gasteiger partial charge in [-0.05, 0) is 26.8 Å². The van der Waals surface area contributed by atoms with Crippen LogP contribution in [0.15, 0.2) is 12.3 Å². The molecule has 0 spiro atoms. The second-order valence-electron chi connectivity index (χ2n) is 5.77. The number of carboxylic acid groups (broad SMARTS) is 1. The Kier molecular flexibility index (Phi) is 5.80. The number of halogens is 1. The van der Waals surface area contributed by atoms with Crippen molar-refractivity contribution >= 4 is 23.5 Å². The number of aryl methyl sites for hydroxylation is 1. The van der Waals surface area contributed by atoms with E-state index in [0.29, 0.717) is 10.7 Å². The van der Waals surface area contributed by atoms with Crippen LogP contribution in [0.25, 0.3) is 0 Å². The van der Waals surface area contributed by atoms with E-state index in [1.54, 1.807) is 17.8 Å². The maximum Gasteiger partial charge on any atom is 0.326 e. The van der Waals surface area contributed by atoms with E-state index in [-0.39, 0.29) is 18.6 Å². The van der Waals surface area contributed by atoms with E-state index >= 15 is 0 Å². The normalized spacial score (nSPS) is 13.0. The predicted octanol–water partition coefficient (Wildman–Crippen LogP) is 2.07. The van der Waals surface area contributed by atoms with Gasteiger partial charge in [-0.3, -0.25) is 4.79 Å². The summed E-state index contributed by atoms with van der Waals surface area (Å²) in [6.07, 6.45) is 1.77. The van der Waals surface area contributed by atoms with E-state index < -0.39 is 17.9 Å². The molecule has 0 aliphatic carbocycles. The van der Waals surface area contributed by atoms with Crippen molar-refractivity contribution in [1.82, 2.24) is 9.88 Å². The number of amides is 1. The molecule has 0 aliphatic rings. The highest BCUT2D eigenvalue weighted by Gasteiger charge is 2.23. The van der Waals surface area contributed by atoms with Crippen LogP contribution in [-0.2, 0) is 16.6 Å². The molecule has 1 unspecified atom stereocenters. The van der Waals surface area contributed by atoms with Gasteiger partial charge in [0.05, 0.1) is 10.6 Å². The summed E-state index contributed by atoms with van der Waals surface area (Å²) in [4.78, 5) is 23.3. The highest BCUT2D eigenvalue weighted by Crippen LogP contribution is 2.13. The average molecular weight is 317 g/mol. The van der Waals surface area contributed by atoms with E-state index in [1.165, 1.54) is 6.07 Å². The van der Waals surface area contributed by atoms with Gasteiger partial charge in [0.1, 0.15) is 11.7 Å². The summed E-state index contributed by atoms with van der Waals surface area (Å²) in [5, 5.41) is 12.1. The number of aliphatic carboxylic acids is 1. The SMILES string of the molecule is Cn1cc(Cl)cc1C(=O)NC(CCOC(C)(C)C)C(=O)O. The van der Waals surface area contributed by atoms with Gasteiger partial charge in [0, 0.05) is 26.3 Å². The summed E-state index contributed by atoms with van der Waals surface area (Å²) in [5.41, 5.74) is -0.0402. The second-order valence-corrected chi connectivity index (χ2v) is 6.20. The minimum absolute atomic E-state index is 0.191. The van der Waals surface area contributed by atoms with Crippen LogP contribution in [0.2, 0.25) is 5.02 Å². The zero-order valence-electron chi connectivity index (χ0n) is 12.6. The summed E-state index contributed by atoms with van der Waals surface area (Å²) in [6.45, 7) is 5.89. The van der Waals surface area contributed by atoms with Crippen LogP contribution in [0.4, 0.5) is 0 Å². The lowest BCUT2D eigenvalue weighted by molar-refractivity contribution is -0.140. The molecule has 0 fully saturated rings. The number of carboxylic acids is 1. The molecule has 7 heteroatoms. The number of nitrogens with zero attached hydrogens (tertiary/aromatic N) is 1. The molecule has 0 bridgehead atoms. The van der Waals surface area contributed by atoms with Crippen LogP contribution < -0.4 is 5.32 Å². The highest BCUT2D eigenvalue weighted by molar-refractivity contribution is 6.31. The summed E-state index contributed by atoms with van der Waals surface area (Å²) < 4.78 is 7.03. The van der Waals surface area contributed by atoms with Crippen LogP contribution in [-0.4, -0.2) is 39.8 Å². The molecule has 0 saturated heterocycles. The first-order valence-electron chi connectivity index (χ1n) is 6.59. The number of rotatable bonds is 6. The highest BCUT2D eigenvalue weighted by atomic mass is 35.5. The van der Waals surface area contributed by atoms with E-state index in [2.05, 4.69) is 5.32 Å². The number of carbonyl (C=O) groups is 2. The first kappa shape index (κ1) is 17.5. The second kappa shape index (κ2) is 6.95. The van der Waals surface area contributed by atoms with Gasteiger partial charge < -0.3 is 19.7 Å². The average Bonchev–Trinajstić information content (AvgIpc) is 2.65. The topological polar surface area (TPSA) is 80.6 Å². The Balaban J connectivity index is 2.64. The summed E-state index contributed by atoms with van der Waals surface area (Å²) in [7, 11) is 1.67. The first-order chi connectivity index (χ1) is 9.60. The molecule has 1 atom stereocenters. The Labute approximate surface area is 129 Å². The molecule has 1 heterocycles. The lowest BCUT2D eigenvalue weighted by Gasteiger charge is -2.21. The lowest BCUT2D eigenvalue weighted by atomic mass is 10.1. The van der Waals surface area contributed by atoms with Gasteiger partial charge in [-0.1, -0.05) is 11.6 Å². The van der Waals surface area contributed by atoms with Gasteiger partial charge in [0.15, 0.2) is 0 Å². The number of aromatic nitrogens is 1. The standard InChI is InChI=1S/C14H21ClN2O4/c1-14(2,3)21-6-5-10(13(19)20)16-12(18)11-7-9(15)8-17(11)4/h7-8,10H,5-6H2,1-4H3,(H,16,18)(H,19,20). The summed E-state index contributed by atoms with van der Waals surface area (Å²) in [6, 6.07) is 0.482. The van der Waals surface area contributed by atoms with Crippen LogP contribution >= 0.6 is 11.6 Å². The Bertz CT molecular complexity index is 520. The third-order valence-corrected chi connectivity index (χ3v) is 2.96. The van der Waals surface area contributed by atoms with Gasteiger partial charge in [0.25, 0.3) is 5.91 Å². The fourth-order valence-electron chi connectivity index (χ4n) is 1.72. The number of nitrogens with one attached hydrogen (secondary N) is 1. The van der Waals surface area contributed by atoms with Crippen molar-refractivity contribution in [3.05, 3.63) is 23.0 Å². The summed E-state index contributed by atoms with van der Waals surface area (Å²) in [5.74, 6) is -1.58. The molecular weight excluding hydrogens is 296 g/mol. The van der Waals surface area contributed by atoms with Gasteiger partial charge >= 0.3 is 5.97 Å². The zero-order chi connectivity index (χ0) is 16.2. The van der Waals surface area contributed by atoms with Crippen molar-refractivity contribution < 1.29 is 19.4 Å². The maximum atomic E-state index is 12.1. The smallest absolute Gasteiger partial charge is 0.326 e. The fourth-order valence-corrected chi connectivity index (χ4v) is 1.97. The molecular formula is C14H21ClN2O4. The Morgan fingerprint density at radius 1 is 1.48 bits per heavy atom. The Morgan fingerprint density at radius 3 is 2.52 bits per heavy atom. The van der Waals surface area contributed by atoms with Crippen molar-refractivity contribution in [3.8, 4) is 0 Å². The Hall–Kier alpha value is -1.53. The maximum absolute atomic E-state index is 12.1. The zero-order valence-corrected chi connectivity index (χ0v) is 13.4. The van der Waals surface area contributed by atoms with Gasteiger partial charge in [-0.2, -0.15) is 0 Å². The number of hydrogen-bond donors (Lipinski definition) is 2. The van der Waals surface area contributed by atoms with Crippen LogP contribution in [0.1, 0.15) is 37.7 Å². The molecule has 1 amide bonds. The lowest BCUT2D eigenvalue weighted by Crippen LogP contribution is -2.42. The van der Waals surface area contributed by atoms with E-state index in [9.17, 15) is 9.59 Å². The van der Waals surface area contributed by atoms with E-state index in [1.807, 2.05) is 20.8 Å². The first-order valence-corrected chi connectivity index (χ1v) is 6.97. The molecule has 1 rings (SSSR count). The fraction of sp³-hybridized carbons (Fsp3) is 0.571. The minimum Gasteiger partial charge on any atom is -0.480 e. The molecule has 1 aromatic rings. The monoisotopic (exact) mass is 316 g/mol. The van der Waals surface area contributed by atoms with Crippen molar-refractivity contribution in [2.24, 2.45) is 7.05 Å². The van der Waals surface area contributed by atoms with Gasteiger partial charge in [0.2, 0.25) is 0 Å². The van der Waals surface area contributed by atoms with E-state index in [0.717, 1.165) is 0 Å². The molecule has 0 saturated carbocycles. The molecule has 0 aliphatic heterocycles. The number of ether oxygens (including phenoxy) is 1. The van der Waals surface area contributed by atoms with Crippen LogP contribution in [0.3, 0.4) is 0 Å². The molecule has 0 aromatic carbocycles. The molecule has 1 aromatic heterocycles. The minimum atomic E-state index is -1.10. The largest absolute Gasteiger partial charge is 0.480 e. The molecule has 118 valence electrons. The van der Waals surface area contributed by atoms with Gasteiger partial charge in [-0.25, -0.2) is 4.79 Å². The molecule has 21 heavy (non-hydrogen) atoms. The summed E-state index contributed by atoms with van der Waals surface area (Å²) >= 11 is 5.81.